The molecule has 2 aromatic carbocycles. The minimum atomic E-state index is 0.0922. The van der Waals surface area contributed by atoms with Gasteiger partial charge < -0.3 is 15.0 Å². The molecule has 2 aromatic rings. The molecular weight excluding hydrogens is 362 g/mol. The van der Waals surface area contributed by atoms with Crippen LogP contribution in [0.15, 0.2) is 36.4 Å². The van der Waals surface area contributed by atoms with Crippen molar-refractivity contribution in [1.29, 1.82) is 0 Å². The van der Waals surface area contributed by atoms with Crippen LogP contribution in [0.4, 0.5) is 11.4 Å². The molecule has 0 aromatic heterocycles. The second kappa shape index (κ2) is 8.87. The van der Waals surface area contributed by atoms with Gasteiger partial charge in [0.2, 0.25) is 5.91 Å². The predicted octanol–water partition coefficient (Wildman–Crippen LogP) is 3.78. The summed E-state index contributed by atoms with van der Waals surface area (Å²) in [7, 11) is 0. The molecule has 1 amide bonds. The van der Waals surface area contributed by atoms with Gasteiger partial charge in [0.25, 0.3) is 0 Å². The van der Waals surface area contributed by atoms with Crippen molar-refractivity contribution in [3.8, 4) is 5.75 Å². The van der Waals surface area contributed by atoms with E-state index in [0.29, 0.717) is 13.0 Å². The van der Waals surface area contributed by atoms with E-state index in [1.165, 1.54) is 22.4 Å². The fourth-order valence-electron chi connectivity index (χ4n) is 4.07. The van der Waals surface area contributed by atoms with Crippen LogP contribution in [-0.2, 0) is 11.2 Å². The number of aryl methyl sites for hydroxylation is 3. The summed E-state index contributed by atoms with van der Waals surface area (Å²) in [5, 5.41) is 2.93. The normalized spacial score (nSPS) is 17.0. The van der Waals surface area contributed by atoms with Crippen molar-refractivity contribution >= 4 is 17.3 Å². The molecule has 2 aliphatic rings. The number of piperazine rings is 1. The molecule has 0 unspecified atom stereocenters. The van der Waals surface area contributed by atoms with Gasteiger partial charge in [0, 0.05) is 56.6 Å². The summed E-state index contributed by atoms with van der Waals surface area (Å²) in [4.78, 5) is 16.6. The highest BCUT2D eigenvalue weighted by Gasteiger charge is 2.18. The Morgan fingerprint density at radius 2 is 1.79 bits per heavy atom. The number of benzene rings is 2. The molecule has 1 fully saturated rings. The van der Waals surface area contributed by atoms with Crippen LogP contribution in [-0.4, -0.2) is 50.1 Å². The summed E-state index contributed by atoms with van der Waals surface area (Å²) >= 11 is 0. The van der Waals surface area contributed by atoms with Crippen LogP contribution in [0.2, 0.25) is 0 Å². The number of rotatable bonds is 6. The lowest BCUT2D eigenvalue weighted by atomic mass is 10.0. The molecule has 2 aliphatic heterocycles. The standard InChI is InChI=1S/C24H31N3O2/c1-18-4-7-21(16-19(18)2)27-13-11-26(12-14-27)10-3-15-29-22-8-5-20-6-9-24(28)25-23(20)17-22/h4-5,7-8,16-17H,3,6,9-15H2,1-2H3,(H,25,28). The van der Waals surface area contributed by atoms with Crippen molar-refractivity contribution in [3.63, 3.8) is 0 Å². The zero-order valence-corrected chi connectivity index (χ0v) is 17.5. The third kappa shape index (κ3) is 4.91. The number of ether oxygens (including phenoxy) is 1. The van der Waals surface area contributed by atoms with Crippen LogP contribution in [0.5, 0.6) is 5.75 Å². The Balaban J connectivity index is 1.19. The Kier molecular flexibility index (Phi) is 6.05. The van der Waals surface area contributed by atoms with E-state index >= 15 is 0 Å². The molecule has 0 aliphatic carbocycles. The van der Waals surface area contributed by atoms with Gasteiger partial charge in [-0.05, 0) is 61.6 Å². The van der Waals surface area contributed by atoms with Crippen molar-refractivity contribution in [2.24, 2.45) is 0 Å². The fourth-order valence-corrected chi connectivity index (χ4v) is 4.07. The van der Waals surface area contributed by atoms with Crippen LogP contribution in [0.3, 0.4) is 0 Å². The van der Waals surface area contributed by atoms with Gasteiger partial charge >= 0.3 is 0 Å². The zero-order valence-electron chi connectivity index (χ0n) is 17.5. The topological polar surface area (TPSA) is 44.8 Å². The summed E-state index contributed by atoms with van der Waals surface area (Å²) < 4.78 is 5.92. The van der Waals surface area contributed by atoms with E-state index in [4.69, 9.17) is 4.74 Å². The predicted molar refractivity (Wildman–Crippen MR) is 118 cm³/mol. The molecule has 0 radical (unpaired) electrons. The Labute approximate surface area is 173 Å². The van der Waals surface area contributed by atoms with E-state index in [0.717, 1.165) is 57.0 Å². The average Bonchev–Trinajstić information content (AvgIpc) is 2.73. The monoisotopic (exact) mass is 393 g/mol. The Bertz CT molecular complexity index is 872. The van der Waals surface area contributed by atoms with Gasteiger partial charge in [0.1, 0.15) is 5.75 Å². The van der Waals surface area contributed by atoms with E-state index in [1.54, 1.807) is 0 Å². The van der Waals surface area contributed by atoms with E-state index in [9.17, 15) is 4.79 Å². The minimum absolute atomic E-state index is 0.0922. The van der Waals surface area contributed by atoms with Crippen molar-refractivity contribution in [3.05, 3.63) is 53.1 Å². The van der Waals surface area contributed by atoms with Crippen molar-refractivity contribution in [1.82, 2.24) is 4.90 Å². The Hall–Kier alpha value is -2.53. The number of amides is 1. The van der Waals surface area contributed by atoms with Crippen molar-refractivity contribution < 1.29 is 9.53 Å². The molecule has 1 N–H and O–H groups in total. The number of carbonyl (C=O) groups is 1. The van der Waals surface area contributed by atoms with Gasteiger partial charge in [-0.25, -0.2) is 0 Å². The average molecular weight is 394 g/mol. The van der Waals surface area contributed by atoms with Crippen LogP contribution < -0.4 is 15.0 Å². The molecule has 0 atom stereocenters. The quantitative estimate of drug-likeness (QED) is 0.759. The smallest absolute Gasteiger partial charge is 0.224 e. The number of nitrogens with one attached hydrogen (secondary N) is 1. The van der Waals surface area contributed by atoms with Crippen LogP contribution >= 0.6 is 0 Å². The van der Waals surface area contributed by atoms with Gasteiger partial charge in [-0.3, -0.25) is 9.69 Å². The van der Waals surface area contributed by atoms with Gasteiger partial charge in [-0.1, -0.05) is 12.1 Å². The molecule has 2 heterocycles. The maximum atomic E-state index is 11.6. The van der Waals surface area contributed by atoms with E-state index < -0.39 is 0 Å². The maximum Gasteiger partial charge on any atom is 0.224 e. The SMILES string of the molecule is Cc1ccc(N2CCN(CCCOc3ccc4c(c3)NC(=O)CC4)CC2)cc1C. The van der Waals surface area contributed by atoms with Crippen LogP contribution in [0.1, 0.15) is 29.5 Å². The lowest BCUT2D eigenvalue weighted by Gasteiger charge is -2.36. The van der Waals surface area contributed by atoms with E-state index in [1.807, 2.05) is 12.1 Å². The molecule has 5 heteroatoms. The fraction of sp³-hybridized carbons (Fsp3) is 0.458. The third-order valence-corrected chi connectivity index (χ3v) is 6.09. The minimum Gasteiger partial charge on any atom is -0.493 e. The molecule has 0 bridgehead atoms. The van der Waals surface area contributed by atoms with Gasteiger partial charge in [0.15, 0.2) is 0 Å². The molecule has 4 rings (SSSR count). The van der Waals surface area contributed by atoms with Gasteiger partial charge in [-0.2, -0.15) is 0 Å². The molecule has 29 heavy (non-hydrogen) atoms. The third-order valence-electron chi connectivity index (χ3n) is 6.09. The number of carbonyl (C=O) groups excluding carboxylic acids is 1. The first-order chi connectivity index (χ1) is 14.1. The Morgan fingerprint density at radius 1 is 0.966 bits per heavy atom. The van der Waals surface area contributed by atoms with E-state index in [-0.39, 0.29) is 5.91 Å². The molecule has 5 nitrogen and oxygen atoms in total. The summed E-state index contributed by atoms with van der Waals surface area (Å²) in [5.74, 6) is 0.931. The van der Waals surface area contributed by atoms with Gasteiger partial charge in [0.05, 0.1) is 6.61 Å². The lowest BCUT2D eigenvalue weighted by molar-refractivity contribution is -0.116. The molecule has 0 saturated carbocycles. The first kappa shape index (κ1) is 19.8. The highest BCUT2D eigenvalue weighted by atomic mass is 16.5. The zero-order chi connectivity index (χ0) is 20.2. The molecular formula is C24H31N3O2. The molecule has 154 valence electrons. The number of hydrogen-bond donors (Lipinski definition) is 1. The number of anilines is 2. The highest BCUT2D eigenvalue weighted by Crippen LogP contribution is 2.27. The second-order valence-corrected chi connectivity index (χ2v) is 8.17. The summed E-state index contributed by atoms with van der Waals surface area (Å²) in [6.07, 6.45) is 2.40. The second-order valence-electron chi connectivity index (χ2n) is 8.17. The number of hydrogen-bond acceptors (Lipinski definition) is 4. The molecule has 1 saturated heterocycles. The number of nitrogens with zero attached hydrogens (tertiary/aromatic N) is 2. The van der Waals surface area contributed by atoms with Crippen LogP contribution in [0, 0.1) is 13.8 Å². The highest BCUT2D eigenvalue weighted by molar-refractivity contribution is 5.94. The maximum absolute atomic E-state index is 11.6. The van der Waals surface area contributed by atoms with Gasteiger partial charge in [-0.15, -0.1) is 0 Å². The summed E-state index contributed by atoms with van der Waals surface area (Å²) in [6, 6.07) is 12.8. The Morgan fingerprint density at radius 3 is 2.59 bits per heavy atom. The first-order valence-electron chi connectivity index (χ1n) is 10.7. The van der Waals surface area contributed by atoms with Crippen molar-refractivity contribution in [2.45, 2.75) is 33.1 Å². The largest absolute Gasteiger partial charge is 0.493 e. The summed E-state index contributed by atoms with van der Waals surface area (Å²) in [6.45, 7) is 10.5. The number of fused-ring (bicyclic) bond motifs is 1. The van der Waals surface area contributed by atoms with Crippen molar-refractivity contribution in [2.75, 3.05) is 49.5 Å². The first-order valence-corrected chi connectivity index (χ1v) is 10.7. The lowest BCUT2D eigenvalue weighted by Crippen LogP contribution is -2.46. The van der Waals surface area contributed by atoms with E-state index in [2.05, 4.69) is 53.2 Å². The molecule has 0 spiro atoms. The summed E-state index contributed by atoms with van der Waals surface area (Å²) in [5.41, 5.74) is 6.16. The van der Waals surface area contributed by atoms with Crippen LogP contribution in [0.25, 0.3) is 0 Å².